The van der Waals surface area contributed by atoms with Gasteiger partial charge in [-0.1, -0.05) is 20.3 Å². The standard InChI is InChI=1S/C12H21N/c1-3-5-6-7-8-9-13-10-12(4-2)11-13/h12H,3-4,7-11H2,1-2H3. The summed E-state index contributed by atoms with van der Waals surface area (Å²) in [5.74, 6) is 7.28. The Bertz CT molecular complexity index is 181. The second kappa shape index (κ2) is 6.05. The number of nitrogens with zero attached hydrogens (tertiary/aromatic N) is 1. The molecule has 1 fully saturated rings. The quantitative estimate of drug-likeness (QED) is 0.473. The molecule has 0 radical (unpaired) electrons. The first kappa shape index (κ1) is 10.6. The molecule has 0 spiro atoms. The highest BCUT2D eigenvalue weighted by atomic mass is 15.2. The van der Waals surface area contributed by atoms with E-state index < -0.39 is 0 Å². The Morgan fingerprint density at radius 3 is 2.62 bits per heavy atom. The molecule has 0 aromatic heterocycles. The van der Waals surface area contributed by atoms with Gasteiger partial charge in [0.05, 0.1) is 0 Å². The highest BCUT2D eigenvalue weighted by molar-refractivity contribution is 4.97. The van der Waals surface area contributed by atoms with Gasteiger partial charge in [-0.05, 0) is 18.9 Å². The van der Waals surface area contributed by atoms with E-state index in [1.165, 1.54) is 32.5 Å². The van der Waals surface area contributed by atoms with Crippen LogP contribution in [0.4, 0.5) is 0 Å². The minimum atomic E-state index is 0.988. The van der Waals surface area contributed by atoms with E-state index >= 15 is 0 Å². The summed E-state index contributed by atoms with van der Waals surface area (Å²) in [6, 6.07) is 0. The zero-order valence-corrected chi connectivity index (χ0v) is 8.97. The summed E-state index contributed by atoms with van der Waals surface area (Å²) in [7, 11) is 0. The Hall–Kier alpha value is -0.480. The van der Waals surface area contributed by atoms with E-state index in [-0.39, 0.29) is 0 Å². The lowest BCUT2D eigenvalue weighted by atomic mass is 9.97. The molecule has 0 saturated carbocycles. The van der Waals surface area contributed by atoms with Crippen molar-refractivity contribution in [2.75, 3.05) is 19.6 Å². The monoisotopic (exact) mass is 179 g/mol. The van der Waals surface area contributed by atoms with Crippen molar-refractivity contribution in [3.8, 4) is 11.8 Å². The molecule has 1 nitrogen and oxygen atoms in total. The van der Waals surface area contributed by atoms with Crippen LogP contribution in [0.1, 0.15) is 39.5 Å². The van der Waals surface area contributed by atoms with Gasteiger partial charge < -0.3 is 4.90 Å². The van der Waals surface area contributed by atoms with Gasteiger partial charge in [-0.2, -0.15) is 0 Å². The van der Waals surface area contributed by atoms with Crippen LogP contribution in [0, 0.1) is 17.8 Å². The van der Waals surface area contributed by atoms with E-state index in [4.69, 9.17) is 0 Å². The first-order valence-electron chi connectivity index (χ1n) is 5.54. The molecule has 1 saturated heterocycles. The fraction of sp³-hybridized carbons (Fsp3) is 0.833. The van der Waals surface area contributed by atoms with Crippen LogP contribution in [0.3, 0.4) is 0 Å². The second-order valence-electron chi connectivity index (χ2n) is 3.84. The normalized spacial score (nSPS) is 17.7. The van der Waals surface area contributed by atoms with Gasteiger partial charge in [0.2, 0.25) is 0 Å². The number of hydrogen-bond donors (Lipinski definition) is 0. The molecular weight excluding hydrogens is 158 g/mol. The average Bonchev–Trinajstić information content (AvgIpc) is 2.08. The van der Waals surface area contributed by atoms with Gasteiger partial charge in [0.1, 0.15) is 0 Å². The molecule has 0 atom stereocenters. The van der Waals surface area contributed by atoms with Crippen molar-refractivity contribution < 1.29 is 0 Å². The molecular formula is C12H21N. The van der Waals surface area contributed by atoms with Crippen molar-refractivity contribution >= 4 is 0 Å². The van der Waals surface area contributed by atoms with Crippen molar-refractivity contribution in [3.63, 3.8) is 0 Å². The molecule has 1 rings (SSSR count). The maximum Gasteiger partial charge on any atom is 0.0101 e. The summed E-state index contributed by atoms with van der Waals surface area (Å²) >= 11 is 0. The smallest absolute Gasteiger partial charge is 0.0101 e. The summed E-state index contributed by atoms with van der Waals surface area (Å²) in [4.78, 5) is 2.54. The van der Waals surface area contributed by atoms with Crippen LogP contribution in [0.25, 0.3) is 0 Å². The summed E-state index contributed by atoms with van der Waals surface area (Å²) in [5.41, 5.74) is 0. The first-order chi connectivity index (χ1) is 6.36. The number of likely N-dealkylation sites (tertiary alicyclic amines) is 1. The zero-order chi connectivity index (χ0) is 9.52. The molecule has 0 aromatic rings. The molecule has 0 bridgehead atoms. The van der Waals surface area contributed by atoms with Crippen molar-refractivity contribution in [1.82, 2.24) is 4.90 Å². The van der Waals surface area contributed by atoms with Crippen LogP contribution in [0.2, 0.25) is 0 Å². The third-order valence-corrected chi connectivity index (χ3v) is 2.69. The highest BCUT2D eigenvalue weighted by Crippen LogP contribution is 2.18. The largest absolute Gasteiger partial charge is 0.303 e. The molecule has 0 N–H and O–H groups in total. The molecule has 0 aliphatic carbocycles. The van der Waals surface area contributed by atoms with Gasteiger partial charge in [-0.3, -0.25) is 0 Å². The van der Waals surface area contributed by atoms with Crippen LogP contribution < -0.4 is 0 Å². The molecule has 74 valence electrons. The predicted molar refractivity (Wildman–Crippen MR) is 57.5 cm³/mol. The summed E-state index contributed by atoms with van der Waals surface area (Å²) in [6.45, 7) is 8.31. The van der Waals surface area contributed by atoms with Crippen molar-refractivity contribution in [2.24, 2.45) is 5.92 Å². The van der Waals surface area contributed by atoms with Crippen LogP contribution in [0.5, 0.6) is 0 Å². The first-order valence-corrected chi connectivity index (χ1v) is 5.54. The minimum Gasteiger partial charge on any atom is -0.303 e. The minimum absolute atomic E-state index is 0.988. The predicted octanol–water partition coefficient (Wildman–Crippen LogP) is 2.52. The fourth-order valence-electron chi connectivity index (χ4n) is 1.72. The number of unbranched alkanes of at least 4 members (excludes halogenated alkanes) is 1. The van der Waals surface area contributed by atoms with Gasteiger partial charge in [0, 0.05) is 25.9 Å². The summed E-state index contributed by atoms with van der Waals surface area (Å²) in [5, 5.41) is 0. The molecule has 1 aliphatic heterocycles. The van der Waals surface area contributed by atoms with E-state index in [0.29, 0.717) is 0 Å². The summed E-state index contributed by atoms with van der Waals surface area (Å²) in [6.07, 6.45) is 4.69. The van der Waals surface area contributed by atoms with Crippen LogP contribution in [-0.4, -0.2) is 24.5 Å². The van der Waals surface area contributed by atoms with E-state index in [9.17, 15) is 0 Å². The van der Waals surface area contributed by atoms with E-state index in [1.54, 1.807) is 0 Å². The lowest BCUT2D eigenvalue weighted by Gasteiger charge is -2.38. The highest BCUT2D eigenvalue weighted by Gasteiger charge is 2.23. The second-order valence-corrected chi connectivity index (χ2v) is 3.84. The van der Waals surface area contributed by atoms with Gasteiger partial charge in [-0.15, -0.1) is 11.8 Å². The van der Waals surface area contributed by atoms with Gasteiger partial charge in [0.15, 0.2) is 0 Å². The number of rotatable bonds is 4. The Morgan fingerprint density at radius 1 is 1.23 bits per heavy atom. The van der Waals surface area contributed by atoms with Crippen LogP contribution >= 0.6 is 0 Å². The van der Waals surface area contributed by atoms with Gasteiger partial charge >= 0.3 is 0 Å². The van der Waals surface area contributed by atoms with Crippen molar-refractivity contribution in [2.45, 2.75) is 39.5 Å². The van der Waals surface area contributed by atoms with Crippen molar-refractivity contribution in [3.05, 3.63) is 0 Å². The third-order valence-electron chi connectivity index (χ3n) is 2.69. The third kappa shape index (κ3) is 3.83. The van der Waals surface area contributed by atoms with E-state index in [0.717, 1.165) is 18.8 Å². The molecule has 13 heavy (non-hydrogen) atoms. The van der Waals surface area contributed by atoms with Crippen LogP contribution in [-0.2, 0) is 0 Å². The van der Waals surface area contributed by atoms with E-state index in [2.05, 4.69) is 30.6 Å². The maximum atomic E-state index is 3.19. The molecule has 0 aromatic carbocycles. The Balaban J connectivity index is 1.91. The molecule has 1 aliphatic rings. The van der Waals surface area contributed by atoms with Gasteiger partial charge in [0.25, 0.3) is 0 Å². The molecule has 0 amide bonds. The SMILES string of the molecule is CCC#CCCCN1CC(CC)C1. The Labute approximate surface area is 82.5 Å². The van der Waals surface area contributed by atoms with Gasteiger partial charge in [-0.25, -0.2) is 0 Å². The number of hydrogen-bond acceptors (Lipinski definition) is 1. The lowest BCUT2D eigenvalue weighted by Crippen LogP contribution is -2.46. The summed E-state index contributed by atoms with van der Waals surface area (Å²) < 4.78 is 0. The topological polar surface area (TPSA) is 3.24 Å². The molecule has 1 heteroatoms. The maximum absolute atomic E-state index is 3.19. The zero-order valence-electron chi connectivity index (χ0n) is 8.97. The lowest BCUT2D eigenvalue weighted by molar-refractivity contribution is 0.0971. The molecule has 1 heterocycles. The van der Waals surface area contributed by atoms with E-state index in [1.807, 2.05) is 0 Å². The fourth-order valence-corrected chi connectivity index (χ4v) is 1.72. The van der Waals surface area contributed by atoms with Crippen molar-refractivity contribution in [1.29, 1.82) is 0 Å². The molecule has 0 unspecified atom stereocenters. The van der Waals surface area contributed by atoms with Crippen LogP contribution in [0.15, 0.2) is 0 Å². The Kier molecular flexibility index (Phi) is 4.93. The average molecular weight is 179 g/mol. The Morgan fingerprint density at radius 2 is 2.00 bits per heavy atom.